The van der Waals surface area contributed by atoms with Gasteiger partial charge in [0.1, 0.15) is 0 Å². The summed E-state index contributed by atoms with van der Waals surface area (Å²) < 4.78 is 29.2. The van der Waals surface area contributed by atoms with Crippen LogP contribution in [0.2, 0.25) is 0 Å². The van der Waals surface area contributed by atoms with Crippen LogP contribution in [0.4, 0.5) is 17.1 Å². The number of aromatic nitrogens is 3. The van der Waals surface area contributed by atoms with Gasteiger partial charge in [-0.3, -0.25) is 0 Å². The molecule has 0 N–H and O–H groups in total. The minimum atomic E-state index is -2.35. The van der Waals surface area contributed by atoms with Crippen LogP contribution < -0.4 is 4.90 Å². The Balaban J connectivity index is 1.43. The zero-order chi connectivity index (χ0) is 35.0. The Bertz CT molecular complexity index is 2490. The topological polar surface area (TPSA) is 26.0 Å². The third-order valence-electron chi connectivity index (χ3n) is 8.55. The van der Waals surface area contributed by atoms with E-state index in [9.17, 15) is 0 Å². The average molecular weight is 803 g/mol. The van der Waals surface area contributed by atoms with E-state index in [2.05, 4.69) is 132 Å². The van der Waals surface area contributed by atoms with Crippen molar-refractivity contribution in [2.24, 2.45) is 6.98 Å². The first-order valence-electron chi connectivity index (χ1n) is 17.2. The molecule has 48 heavy (non-hydrogen) atoms. The monoisotopic (exact) mass is 802 g/mol. The van der Waals surface area contributed by atoms with Crippen LogP contribution in [0.1, 0.15) is 4.11 Å². The van der Waals surface area contributed by atoms with E-state index in [1.165, 1.54) is 4.57 Å². The predicted molar refractivity (Wildman–Crippen MR) is 194 cm³/mol. The van der Waals surface area contributed by atoms with Gasteiger partial charge in [0.25, 0.3) is 0 Å². The Morgan fingerprint density at radius 1 is 0.562 bits per heavy atom. The molecule has 2 aromatic heterocycles. The number of nitrogens with zero attached hydrogens (tertiary/aromatic N) is 4. The van der Waals surface area contributed by atoms with Gasteiger partial charge in [0.15, 0.2) is 0 Å². The molecule has 2 heterocycles. The van der Waals surface area contributed by atoms with Crippen molar-refractivity contribution >= 4 is 28.1 Å². The maximum absolute atomic E-state index is 8.37. The van der Waals surface area contributed by atoms with Crippen molar-refractivity contribution in [3.63, 3.8) is 0 Å². The summed E-state index contributed by atoms with van der Waals surface area (Å²) >= 11 is 2.14. The zero-order valence-corrected chi connectivity index (χ0v) is 28.1. The quantitative estimate of drug-likeness (QED) is 0.160. The summed E-state index contributed by atoms with van der Waals surface area (Å²) in [6, 6.07) is 57.8. The van der Waals surface area contributed by atoms with Crippen molar-refractivity contribution in [1.82, 2.24) is 14.1 Å². The Hall–Kier alpha value is -5.57. The Morgan fingerprint density at radius 3 is 1.81 bits per heavy atom. The molecular weight excluding hydrogens is 768 g/mol. The van der Waals surface area contributed by atoms with E-state index in [0.29, 0.717) is 9.32 Å². The fraction of sp³-hybridized carbons (Fsp3) is 0.0233. The van der Waals surface area contributed by atoms with Crippen LogP contribution in [0.3, 0.4) is 0 Å². The number of hydrogen-bond donors (Lipinski definition) is 0. The van der Waals surface area contributed by atoms with E-state index >= 15 is 0 Å². The van der Waals surface area contributed by atoms with Gasteiger partial charge >= 0.3 is 291 Å². The van der Waals surface area contributed by atoms with E-state index in [0.717, 1.165) is 61.8 Å². The standard InChI is InChI=1S/C43H32N4.Pt/c1-45-31-46(42-27-9-8-26-41(42)45)35-20-13-22-37(30-35)47(36-21-12-19-34(29-36)40-25-10-11-28-44-40)43-38(32-15-4-2-5-16-32)23-14-24-39(43)33-17-6-3-7-18-33;/h2-30H,1H3;/i1D3;. The second kappa shape index (κ2) is 12.9. The number of benzene rings is 6. The third-order valence-corrected chi connectivity index (χ3v) is 9.56. The van der Waals surface area contributed by atoms with E-state index in [-0.39, 0.29) is 0 Å². The number of rotatable bonds is 7. The second-order valence-corrected chi connectivity index (χ2v) is 12.5. The van der Waals surface area contributed by atoms with E-state index in [4.69, 9.17) is 4.11 Å². The van der Waals surface area contributed by atoms with E-state index in [1.807, 2.05) is 77.5 Å². The number of fused-ring (bicyclic) bond motifs is 1. The van der Waals surface area contributed by atoms with Crippen LogP contribution in [-0.2, 0) is 26.3 Å². The van der Waals surface area contributed by atoms with E-state index in [1.54, 1.807) is 0 Å². The molecule has 234 valence electrons. The molecule has 0 unspecified atom stereocenters. The van der Waals surface area contributed by atoms with Crippen LogP contribution in [-0.4, -0.2) is 14.1 Å². The molecule has 8 rings (SSSR count). The molecule has 4 nitrogen and oxygen atoms in total. The number of pyridine rings is 1. The van der Waals surface area contributed by atoms with Crippen molar-refractivity contribution in [3.05, 3.63) is 180 Å². The molecule has 8 aromatic rings. The average Bonchev–Trinajstić information content (AvgIpc) is 3.48. The summed E-state index contributed by atoms with van der Waals surface area (Å²) in [5, 5.41) is 0. The molecule has 0 saturated heterocycles. The summed E-state index contributed by atoms with van der Waals surface area (Å²) in [4.78, 5) is 6.99. The van der Waals surface area contributed by atoms with Crippen molar-refractivity contribution in [3.8, 4) is 39.2 Å². The normalized spacial score (nSPS) is 12.3. The maximum atomic E-state index is 8.37. The van der Waals surface area contributed by atoms with Gasteiger partial charge in [0.2, 0.25) is 0 Å². The molecule has 0 aliphatic rings. The molecule has 0 radical (unpaired) electrons. The van der Waals surface area contributed by atoms with Gasteiger partial charge in [-0.25, -0.2) is 0 Å². The van der Waals surface area contributed by atoms with Crippen LogP contribution in [0.25, 0.3) is 50.2 Å². The van der Waals surface area contributed by atoms with Gasteiger partial charge in [-0.15, -0.1) is 0 Å². The molecule has 0 aliphatic heterocycles. The fourth-order valence-corrected chi connectivity index (χ4v) is 7.21. The number of hydrogen-bond acceptors (Lipinski definition) is 2. The van der Waals surface area contributed by atoms with Crippen LogP contribution >= 0.6 is 0 Å². The molecule has 0 atom stereocenters. The summed E-state index contributed by atoms with van der Waals surface area (Å²) in [5.74, 6) is 0. The molecule has 0 saturated carbocycles. The summed E-state index contributed by atoms with van der Waals surface area (Å²) in [7, 11) is 0. The summed E-state index contributed by atoms with van der Waals surface area (Å²) in [6.45, 7) is -2.35. The Labute approximate surface area is 295 Å². The number of imidazole rings is 1. The molecular formula is C43H32N4Pt. The zero-order valence-electron chi connectivity index (χ0n) is 28.8. The first kappa shape index (κ1) is 26.5. The first-order valence-corrected chi connectivity index (χ1v) is 16.9. The molecule has 5 heteroatoms. The summed E-state index contributed by atoms with van der Waals surface area (Å²) in [5.41, 5.74) is 11.4. The molecule has 6 aromatic carbocycles. The van der Waals surface area contributed by atoms with Gasteiger partial charge in [0.05, 0.1) is 0 Å². The molecule has 0 amide bonds. The van der Waals surface area contributed by atoms with Crippen LogP contribution in [0, 0.1) is 3.80 Å². The number of aryl methyl sites for hydroxylation is 1. The van der Waals surface area contributed by atoms with Crippen molar-refractivity contribution in [2.45, 2.75) is 0 Å². The molecule has 0 bridgehead atoms. The SMILES string of the molecule is [2H]C([2H])([2H])n1[c](=[Pt])n(-c2cccc(N(c3cccc(-c4ccccn4)c3)c3c(-c4ccccc4)cccc3-c3ccccc3)c2)c2ccccc21. The van der Waals surface area contributed by atoms with Gasteiger partial charge in [-0.1, -0.05) is 0 Å². The Kier molecular flexibility index (Phi) is 7.12. The fourth-order valence-electron chi connectivity index (χ4n) is 6.37. The minimum absolute atomic E-state index is 0.590. The molecule has 0 spiro atoms. The predicted octanol–water partition coefficient (Wildman–Crippen LogP) is 10.9. The van der Waals surface area contributed by atoms with Gasteiger partial charge in [-0.2, -0.15) is 0 Å². The van der Waals surface area contributed by atoms with Crippen molar-refractivity contribution < 1.29 is 23.5 Å². The van der Waals surface area contributed by atoms with Crippen molar-refractivity contribution in [2.75, 3.05) is 4.90 Å². The third kappa shape index (κ3) is 5.45. The van der Waals surface area contributed by atoms with Crippen LogP contribution in [0.15, 0.2) is 176 Å². The van der Waals surface area contributed by atoms with Crippen molar-refractivity contribution in [1.29, 1.82) is 0 Å². The number of anilines is 3. The summed E-state index contributed by atoms with van der Waals surface area (Å²) in [6.07, 6.45) is 1.82. The second-order valence-electron chi connectivity index (χ2n) is 11.5. The van der Waals surface area contributed by atoms with Gasteiger partial charge in [0, 0.05) is 0 Å². The van der Waals surface area contributed by atoms with E-state index < -0.39 is 6.98 Å². The molecule has 0 fully saturated rings. The van der Waals surface area contributed by atoms with Crippen LogP contribution in [0.5, 0.6) is 0 Å². The number of para-hydroxylation sites is 3. The first-order chi connectivity index (χ1) is 24.9. The van der Waals surface area contributed by atoms with Gasteiger partial charge in [-0.05, 0) is 6.07 Å². The molecule has 0 aliphatic carbocycles. The van der Waals surface area contributed by atoms with Gasteiger partial charge < -0.3 is 0 Å². The Morgan fingerprint density at radius 2 is 1.15 bits per heavy atom.